The lowest BCUT2D eigenvalue weighted by atomic mass is 10.1. The lowest BCUT2D eigenvalue weighted by Gasteiger charge is -2.06. The normalized spacial score (nSPS) is 10.6. The first-order valence-electron chi connectivity index (χ1n) is 4.11. The molecule has 0 aromatic heterocycles. The minimum Gasteiger partial charge on any atom is -0.313 e. The summed E-state index contributed by atoms with van der Waals surface area (Å²) in [5.41, 5.74) is -1.43. The Morgan fingerprint density at radius 1 is 0.938 bits per heavy atom. The van der Waals surface area contributed by atoms with Crippen molar-refractivity contribution in [3.8, 4) is 0 Å². The fourth-order valence-electron chi connectivity index (χ4n) is 1.10. The Hall–Kier alpha value is -1.50. The zero-order chi connectivity index (χ0) is 12.5. The van der Waals surface area contributed by atoms with Gasteiger partial charge in [-0.3, -0.25) is 4.79 Å². The summed E-state index contributed by atoms with van der Waals surface area (Å²) in [7, 11) is 1.30. The van der Waals surface area contributed by atoms with E-state index in [4.69, 9.17) is 0 Å². The monoisotopic (exact) mass is 239 g/mol. The van der Waals surface area contributed by atoms with Crippen molar-refractivity contribution in [1.29, 1.82) is 0 Å². The first-order chi connectivity index (χ1) is 7.41. The van der Waals surface area contributed by atoms with Crippen LogP contribution in [-0.2, 0) is 0 Å². The predicted molar refractivity (Wildman–Crippen MR) is 44.5 cm³/mol. The highest BCUT2D eigenvalue weighted by atomic mass is 19.2. The van der Waals surface area contributed by atoms with Crippen LogP contribution in [0, 0.1) is 29.1 Å². The number of rotatable bonds is 3. The summed E-state index contributed by atoms with van der Waals surface area (Å²) in [4.78, 5) is 11.1. The van der Waals surface area contributed by atoms with Crippen LogP contribution in [-0.4, -0.2) is 19.4 Å². The molecule has 0 radical (unpaired) electrons. The van der Waals surface area contributed by atoms with E-state index in [1.807, 2.05) is 0 Å². The maximum absolute atomic E-state index is 13.0. The Kier molecular flexibility index (Phi) is 3.58. The molecule has 0 aliphatic rings. The Labute approximate surface area is 87.1 Å². The SMILES string of the molecule is CNCC(=O)c1c(F)c(F)c(F)c(F)c1F. The Morgan fingerprint density at radius 3 is 1.69 bits per heavy atom. The van der Waals surface area contributed by atoms with Gasteiger partial charge in [-0.15, -0.1) is 0 Å². The van der Waals surface area contributed by atoms with Crippen LogP contribution in [0.3, 0.4) is 0 Å². The van der Waals surface area contributed by atoms with Gasteiger partial charge in [0.15, 0.2) is 29.1 Å². The van der Waals surface area contributed by atoms with Crippen molar-refractivity contribution in [3.63, 3.8) is 0 Å². The van der Waals surface area contributed by atoms with Gasteiger partial charge >= 0.3 is 0 Å². The van der Waals surface area contributed by atoms with Crippen molar-refractivity contribution < 1.29 is 26.7 Å². The second kappa shape index (κ2) is 4.56. The number of likely N-dealkylation sites (N-methyl/N-ethyl adjacent to an activating group) is 1. The zero-order valence-electron chi connectivity index (χ0n) is 8.01. The second-order valence-electron chi connectivity index (χ2n) is 2.90. The fourth-order valence-corrected chi connectivity index (χ4v) is 1.10. The van der Waals surface area contributed by atoms with Gasteiger partial charge in [0.25, 0.3) is 0 Å². The summed E-state index contributed by atoms with van der Waals surface area (Å²) in [6.07, 6.45) is 0. The number of carbonyl (C=O) groups excluding carboxylic acids is 1. The van der Waals surface area contributed by atoms with Gasteiger partial charge in [-0.1, -0.05) is 0 Å². The molecule has 16 heavy (non-hydrogen) atoms. The molecule has 0 amide bonds. The van der Waals surface area contributed by atoms with Gasteiger partial charge in [0.05, 0.1) is 12.1 Å². The summed E-state index contributed by atoms with van der Waals surface area (Å²) < 4.78 is 63.9. The molecule has 0 heterocycles. The van der Waals surface area contributed by atoms with E-state index >= 15 is 0 Å². The van der Waals surface area contributed by atoms with E-state index < -0.39 is 47.0 Å². The molecule has 0 bridgehead atoms. The van der Waals surface area contributed by atoms with Crippen LogP contribution in [0.1, 0.15) is 10.4 Å². The smallest absolute Gasteiger partial charge is 0.200 e. The van der Waals surface area contributed by atoms with E-state index in [2.05, 4.69) is 5.32 Å². The van der Waals surface area contributed by atoms with E-state index in [1.165, 1.54) is 7.05 Å². The molecule has 0 saturated carbocycles. The first-order valence-corrected chi connectivity index (χ1v) is 4.11. The molecule has 1 aromatic carbocycles. The average Bonchev–Trinajstić information content (AvgIpc) is 2.24. The molecule has 1 N–H and O–H groups in total. The molecule has 0 spiro atoms. The highest BCUT2D eigenvalue weighted by molar-refractivity contribution is 5.98. The molecular formula is C9H6F5NO. The average molecular weight is 239 g/mol. The molecule has 0 fully saturated rings. The highest BCUT2D eigenvalue weighted by Crippen LogP contribution is 2.23. The highest BCUT2D eigenvalue weighted by Gasteiger charge is 2.28. The third kappa shape index (κ3) is 1.90. The second-order valence-corrected chi connectivity index (χ2v) is 2.90. The largest absolute Gasteiger partial charge is 0.313 e. The van der Waals surface area contributed by atoms with Gasteiger partial charge < -0.3 is 5.32 Å². The van der Waals surface area contributed by atoms with Gasteiger partial charge in [-0.05, 0) is 7.05 Å². The van der Waals surface area contributed by atoms with Crippen LogP contribution in [0.15, 0.2) is 0 Å². The predicted octanol–water partition coefficient (Wildman–Crippen LogP) is 1.78. The number of nitrogens with one attached hydrogen (secondary N) is 1. The first kappa shape index (κ1) is 12.6. The maximum atomic E-state index is 13.0. The van der Waals surface area contributed by atoms with Crippen LogP contribution in [0.25, 0.3) is 0 Å². The molecule has 0 unspecified atom stereocenters. The van der Waals surface area contributed by atoms with Crippen molar-refractivity contribution in [2.24, 2.45) is 0 Å². The van der Waals surface area contributed by atoms with Crippen molar-refractivity contribution in [3.05, 3.63) is 34.6 Å². The zero-order valence-corrected chi connectivity index (χ0v) is 8.01. The minimum absolute atomic E-state index is 0.529. The summed E-state index contributed by atoms with van der Waals surface area (Å²) in [5.74, 6) is -12.0. The lowest BCUT2D eigenvalue weighted by molar-refractivity contribution is 0.0982. The molecule has 1 aromatic rings. The van der Waals surface area contributed by atoms with E-state index in [0.717, 1.165) is 0 Å². The van der Waals surface area contributed by atoms with Crippen LogP contribution >= 0.6 is 0 Å². The number of Topliss-reactive ketones (excluding diaryl/α,β-unsaturated/α-hetero) is 1. The van der Waals surface area contributed by atoms with Gasteiger partial charge in [-0.2, -0.15) is 0 Å². The molecule has 88 valence electrons. The summed E-state index contributed by atoms with van der Waals surface area (Å²) >= 11 is 0. The molecule has 0 aliphatic heterocycles. The van der Waals surface area contributed by atoms with Crippen molar-refractivity contribution in [2.45, 2.75) is 0 Å². The van der Waals surface area contributed by atoms with E-state index in [9.17, 15) is 26.7 Å². The van der Waals surface area contributed by atoms with E-state index in [0.29, 0.717) is 0 Å². The summed E-state index contributed by atoms with van der Waals surface area (Å²) in [5, 5.41) is 2.25. The van der Waals surface area contributed by atoms with Crippen molar-refractivity contribution in [1.82, 2.24) is 5.32 Å². The Balaban J connectivity index is 3.45. The molecule has 0 atom stereocenters. The third-order valence-corrected chi connectivity index (χ3v) is 1.83. The molecule has 2 nitrogen and oxygen atoms in total. The van der Waals surface area contributed by atoms with E-state index in [1.54, 1.807) is 0 Å². The molecular weight excluding hydrogens is 233 g/mol. The summed E-state index contributed by atoms with van der Waals surface area (Å²) in [6.45, 7) is -0.529. The van der Waals surface area contributed by atoms with Crippen molar-refractivity contribution in [2.75, 3.05) is 13.6 Å². The number of hydrogen-bond donors (Lipinski definition) is 1. The molecule has 0 saturated heterocycles. The number of hydrogen-bond acceptors (Lipinski definition) is 2. The number of carbonyl (C=O) groups is 1. The number of benzene rings is 1. The van der Waals surface area contributed by atoms with Crippen LogP contribution in [0.5, 0.6) is 0 Å². The number of ketones is 1. The number of halogens is 5. The van der Waals surface area contributed by atoms with Gasteiger partial charge in [0, 0.05) is 0 Å². The standard InChI is InChI=1S/C9H6F5NO/c1-15-2-3(16)4-5(10)7(12)9(14)8(13)6(4)11/h15H,2H2,1H3. The molecule has 1 rings (SSSR count). The lowest BCUT2D eigenvalue weighted by Crippen LogP contribution is -2.22. The maximum Gasteiger partial charge on any atom is 0.200 e. The van der Waals surface area contributed by atoms with Gasteiger partial charge in [0.1, 0.15) is 0 Å². The Morgan fingerprint density at radius 2 is 1.31 bits per heavy atom. The van der Waals surface area contributed by atoms with Crippen LogP contribution in [0.2, 0.25) is 0 Å². The van der Waals surface area contributed by atoms with Gasteiger partial charge in [-0.25, -0.2) is 22.0 Å². The van der Waals surface area contributed by atoms with E-state index in [-0.39, 0.29) is 0 Å². The third-order valence-electron chi connectivity index (χ3n) is 1.83. The minimum atomic E-state index is -2.28. The quantitative estimate of drug-likeness (QED) is 0.377. The van der Waals surface area contributed by atoms with Gasteiger partial charge in [0.2, 0.25) is 5.82 Å². The van der Waals surface area contributed by atoms with Crippen LogP contribution in [0.4, 0.5) is 22.0 Å². The van der Waals surface area contributed by atoms with Crippen LogP contribution < -0.4 is 5.32 Å². The van der Waals surface area contributed by atoms with Crippen molar-refractivity contribution >= 4 is 5.78 Å². The summed E-state index contributed by atoms with van der Waals surface area (Å²) in [6, 6.07) is 0. The topological polar surface area (TPSA) is 29.1 Å². The molecule has 0 aliphatic carbocycles. The fraction of sp³-hybridized carbons (Fsp3) is 0.222. The molecule has 7 heteroatoms. The Bertz CT molecular complexity index is 417.